The highest BCUT2D eigenvalue weighted by Crippen LogP contribution is 2.18. The number of nitrogens with one attached hydrogen (secondary N) is 2. The van der Waals surface area contributed by atoms with Gasteiger partial charge in [0.2, 0.25) is 0 Å². The maximum Gasteiger partial charge on any atom is 0.390 e. The van der Waals surface area contributed by atoms with Crippen molar-refractivity contribution >= 4 is 41.7 Å². The van der Waals surface area contributed by atoms with Crippen LogP contribution in [0, 0.1) is 5.82 Å². The van der Waals surface area contributed by atoms with E-state index in [9.17, 15) is 17.6 Å². The third kappa shape index (κ3) is 9.23. The molecule has 0 aliphatic carbocycles. The van der Waals surface area contributed by atoms with Crippen molar-refractivity contribution in [2.75, 3.05) is 19.8 Å². The van der Waals surface area contributed by atoms with Gasteiger partial charge in [0.25, 0.3) is 0 Å². The molecule has 23 heavy (non-hydrogen) atoms. The summed E-state index contributed by atoms with van der Waals surface area (Å²) >= 11 is 1.57. The van der Waals surface area contributed by atoms with Crippen molar-refractivity contribution in [1.29, 1.82) is 0 Å². The van der Waals surface area contributed by atoms with E-state index < -0.39 is 12.6 Å². The number of alkyl halides is 3. The molecule has 1 aromatic carbocycles. The topological polar surface area (TPSA) is 36.4 Å². The van der Waals surface area contributed by atoms with E-state index in [2.05, 4.69) is 15.6 Å². The minimum absolute atomic E-state index is 0. The highest BCUT2D eigenvalue weighted by molar-refractivity contribution is 14.0. The van der Waals surface area contributed by atoms with Crippen LogP contribution in [0.3, 0.4) is 0 Å². The van der Waals surface area contributed by atoms with Crippen LogP contribution in [0.5, 0.6) is 0 Å². The molecule has 9 heteroatoms. The molecule has 2 N–H and O–H groups in total. The summed E-state index contributed by atoms with van der Waals surface area (Å²) < 4.78 is 49.5. The summed E-state index contributed by atoms with van der Waals surface area (Å²) in [6.45, 7) is 0.117. The largest absolute Gasteiger partial charge is 0.390 e. The summed E-state index contributed by atoms with van der Waals surface area (Å²) in [4.78, 5) is 3.86. The van der Waals surface area contributed by atoms with Gasteiger partial charge in [-0.15, -0.1) is 24.0 Å². The number of guanidine groups is 1. The van der Waals surface area contributed by atoms with E-state index in [0.29, 0.717) is 12.3 Å². The average molecular weight is 465 g/mol. The van der Waals surface area contributed by atoms with Crippen LogP contribution in [0.4, 0.5) is 17.6 Å². The second kappa shape index (κ2) is 11.0. The van der Waals surface area contributed by atoms with Gasteiger partial charge in [-0.3, -0.25) is 4.99 Å². The van der Waals surface area contributed by atoms with Gasteiger partial charge in [-0.25, -0.2) is 4.39 Å². The molecular weight excluding hydrogens is 445 g/mol. The minimum atomic E-state index is -4.20. The maximum absolute atomic E-state index is 13.2. The van der Waals surface area contributed by atoms with Crippen LogP contribution in [0.15, 0.2) is 23.2 Å². The Bertz CT molecular complexity index is 509. The van der Waals surface area contributed by atoms with Crippen LogP contribution in [0.1, 0.15) is 17.5 Å². The molecule has 0 unspecified atom stereocenters. The van der Waals surface area contributed by atoms with E-state index in [1.54, 1.807) is 17.8 Å². The summed E-state index contributed by atoms with van der Waals surface area (Å²) in [6, 6.07) is 4.49. The van der Waals surface area contributed by atoms with Crippen LogP contribution in [-0.4, -0.2) is 32.0 Å². The van der Waals surface area contributed by atoms with Crippen molar-refractivity contribution in [2.24, 2.45) is 4.99 Å². The summed E-state index contributed by atoms with van der Waals surface area (Å²) in [5.74, 6) is 0.638. The molecule has 1 rings (SSSR count). The Labute approximate surface area is 154 Å². The number of nitrogens with zero attached hydrogens (tertiary/aromatic N) is 1. The normalized spacial score (nSPS) is 11.8. The Morgan fingerprint density at radius 2 is 1.91 bits per heavy atom. The van der Waals surface area contributed by atoms with Gasteiger partial charge < -0.3 is 10.6 Å². The Balaban J connectivity index is 0.00000484. The van der Waals surface area contributed by atoms with E-state index in [4.69, 9.17) is 0 Å². The molecule has 0 aliphatic heterocycles. The molecule has 0 aromatic heterocycles. The molecule has 0 bridgehead atoms. The summed E-state index contributed by atoms with van der Waals surface area (Å²) in [6.07, 6.45) is -3.21. The molecule has 0 radical (unpaired) electrons. The van der Waals surface area contributed by atoms with Gasteiger partial charge in [0.05, 0.1) is 6.42 Å². The number of hydrogen-bond donors (Lipinski definition) is 2. The van der Waals surface area contributed by atoms with Gasteiger partial charge in [-0.2, -0.15) is 24.9 Å². The number of hydrogen-bond acceptors (Lipinski definition) is 2. The van der Waals surface area contributed by atoms with E-state index in [1.165, 1.54) is 19.2 Å². The molecule has 0 saturated carbocycles. The second-order valence-corrected chi connectivity index (χ2v) is 5.43. The smallest absolute Gasteiger partial charge is 0.356 e. The maximum atomic E-state index is 13.2. The van der Waals surface area contributed by atoms with Crippen LogP contribution in [0.25, 0.3) is 0 Å². The predicted molar refractivity (Wildman–Crippen MR) is 97.9 cm³/mol. The lowest BCUT2D eigenvalue weighted by Gasteiger charge is -2.14. The van der Waals surface area contributed by atoms with Crippen molar-refractivity contribution in [1.82, 2.24) is 10.6 Å². The van der Waals surface area contributed by atoms with Gasteiger partial charge in [0, 0.05) is 25.9 Å². The molecule has 0 aliphatic rings. The Hall–Kier alpha value is -0.710. The van der Waals surface area contributed by atoms with Crippen molar-refractivity contribution in [3.8, 4) is 0 Å². The molecule has 0 saturated heterocycles. The van der Waals surface area contributed by atoms with Crippen LogP contribution in [-0.2, 0) is 12.3 Å². The first-order valence-electron chi connectivity index (χ1n) is 6.63. The Kier molecular flexibility index (Phi) is 10.6. The lowest BCUT2D eigenvalue weighted by Crippen LogP contribution is -2.38. The fourth-order valence-electron chi connectivity index (χ4n) is 1.78. The SMILES string of the molecule is CN=C(NCCC(F)(F)F)NCc1ccc(F)cc1CSC.I. The first-order valence-corrected chi connectivity index (χ1v) is 8.02. The van der Waals surface area contributed by atoms with E-state index in [-0.39, 0.29) is 42.3 Å². The molecule has 0 fully saturated rings. The molecule has 0 spiro atoms. The number of halogens is 5. The average Bonchev–Trinajstić information content (AvgIpc) is 2.43. The molecule has 0 atom stereocenters. The standard InChI is InChI=1S/C14H19F4N3S.HI/c1-19-13(20-6-5-14(16,17)18)21-8-10-3-4-12(15)7-11(10)9-22-2;/h3-4,7H,5-6,8-9H2,1-2H3,(H2,19,20,21);1H. The number of aliphatic imine (C=N–C) groups is 1. The fourth-order valence-corrected chi connectivity index (χ4v) is 2.36. The zero-order valence-corrected chi connectivity index (χ0v) is 16.0. The zero-order chi connectivity index (χ0) is 16.6. The van der Waals surface area contributed by atoms with Crippen molar-refractivity contribution in [3.63, 3.8) is 0 Å². The van der Waals surface area contributed by atoms with Gasteiger partial charge in [-0.05, 0) is 29.5 Å². The summed E-state index contributed by atoms with van der Waals surface area (Å²) in [5, 5.41) is 5.53. The van der Waals surface area contributed by atoms with Crippen LogP contribution in [0.2, 0.25) is 0 Å². The minimum Gasteiger partial charge on any atom is -0.356 e. The van der Waals surface area contributed by atoms with Crippen LogP contribution < -0.4 is 10.6 Å². The number of thioether (sulfide) groups is 1. The van der Waals surface area contributed by atoms with E-state index >= 15 is 0 Å². The van der Waals surface area contributed by atoms with E-state index in [0.717, 1.165) is 11.1 Å². The number of benzene rings is 1. The molecule has 3 nitrogen and oxygen atoms in total. The van der Waals surface area contributed by atoms with Gasteiger partial charge in [-0.1, -0.05) is 6.07 Å². The van der Waals surface area contributed by atoms with Crippen LogP contribution >= 0.6 is 35.7 Å². The highest BCUT2D eigenvalue weighted by atomic mass is 127. The third-order valence-corrected chi connectivity index (χ3v) is 3.44. The lowest BCUT2D eigenvalue weighted by molar-refractivity contribution is -0.132. The third-order valence-electron chi connectivity index (χ3n) is 2.84. The summed E-state index contributed by atoms with van der Waals surface area (Å²) in [7, 11) is 1.48. The van der Waals surface area contributed by atoms with Gasteiger partial charge in [0.15, 0.2) is 5.96 Å². The first-order chi connectivity index (χ1) is 10.4. The van der Waals surface area contributed by atoms with Gasteiger partial charge in [0.1, 0.15) is 5.82 Å². The highest BCUT2D eigenvalue weighted by Gasteiger charge is 2.26. The monoisotopic (exact) mass is 465 g/mol. The zero-order valence-electron chi connectivity index (χ0n) is 12.8. The summed E-state index contributed by atoms with van der Waals surface area (Å²) in [5.41, 5.74) is 1.74. The molecule has 132 valence electrons. The van der Waals surface area contributed by atoms with Gasteiger partial charge >= 0.3 is 6.18 Å². The second-order valence-electron chi connectivity index (χ2n) is 4.56. The van der Waals surface area contributed by atoms with Crippen molar-refractivity contribution in [3.05, 3.63) is 35.1 Å². The number of rotatable bonds is 6. The molecular formula is C14H20F4IN3S. The van der Waals surface area contributed by atoms with Crippen molar-refractivity contribution < 1.29 is 17.6 Å². The molecule has 0 heterocycles. The molecule has 0 amide bonds. The predicted octanol–water partition coefficient (Wildman–Crippen LogP) is 3.92. The fraction of sp³-hybridized carbons (Fsp3) is 0.500. The first kappa shape index (κ1) is 22.3. The van der Waals surface area contributed by atoms with E-state index in [1.807, 2.05) is 6.26 Å². The quantitative estimate of drug-likeness (QED) is 0.290. The Morgan fingerprint density at radius 3 is 2.48 bits per heavy atom. The van der Waals surface area contributed by atoms with Crippen molar-refractivity contribution in [2.45, 2.75) is 24.9 Å². The Morgan fingerprint density at radius 1 is 1.22 bits per heavy atom. The lowest BCUT2D eigenvalue weighted by atomic mass is 10.1. The molecule has 1 aromatic rings.